The zero-order chi connectivity index (χ0) is 23.0. The predicted molar refractivity (Wildman–Crippen MR) is 142 cm³/mol. The molecule has 3 heteroatoms. The molecule has 0 atom stereocenters. The van der Waals surface area contributed by atoms with Gasteiger partial charge in [0, 0.05) is 22.5 Å². The third-order valence-corrected chi connectivity index (χ3v) is 8.93. The Bertz CT molecular complexity index is 1240. The third kappa shape index (κ3) is 4.28. The second-order valence-corrected chi connectivity index (χ2v) is 15.6. The fraction of sp³-hybridized carbons (Fsp3) is 0.414. The molecular weight excluding hydrogens is 406 g/mol. The second-order valence-electron chi connectivity index (χ2n) is 10.6. The number of hydrogen-bond acceptors (Lipinski definition) is 2. The molecule has 0 bridgehead atoms. The number of furan rings is 1. The summed E-state index contributed by atoms with van der Waals surface area (Å²) in [6.45, 7) is 16.3. The summed E-state index contributed by atoms with van der Waals surface area (Å²) in [5.74, 6) is 1.21. The van der Waals surface area contributed by atoms with E-state index in [0.717, 1.165) is 34.8 Å². The minimum Gasteiger partial charge on any atom is -0.455 e. The minimum atomic E-state index is -1.57. The summed E-state index contributed by atoms with van der Waals surface area (Å²) in [6.07, 6.45) is 5.50. The SMILES string of the molecule is CCC(CC)Cc1ccnc(-c2ccc([Si](C)(C)C)c3c2oc2ccc(C(C)C)cc23)c1. The highest BCUT2D eigenvalue weighted by molar-refractivity contribution is 6.90. The van der Waals surface area contributed by atoms with Crippen molar-refractivity contribution in [1.82, 2.24) is 4.98 Å². The second kappa shape index (κ2) is 8.86. The van der Waals surface area contributed by atoms with Crippen LogP contribution >= 0.6 is 0 Å². The van der Waals surface area contributed by atoms with E-state index in [-0.39, 0.29) is 0 Å². The zero-order valence-electron chi connectivity index (χ0n) is 20.8. The van der Waals surface area contributed by atoms with Gasteiger partial charge >= 0.3 is 0 Å². The van der Waals surface area contributed by atoms with Gasteiger partial charge in [0.15, 0.2) is 0 Å². The number of rotatable bonds is 7. The van der Waals surface area contributed by atoms with Crippen LogP contribution in [0.25, 0.3) is 33.2 Å². The molecule has 0 saturated heterocycles. The molecule has 2 nitrogen and oxygen atoms in total. The van der Waals surface area contributed by atoms with Gasteiger partial charge in [0.1, 0.15) is 11.2 Å². The fourth-order valence-electron chi connectivity index (χ4n) is 4.74. The first-order valence-electron chi connectivity index (χ1n) is 12.2. The first-order chi connectivity index (χ1) is 15.2. The maximum absolute atomic E-state index is 6.55. The summed E-state index contributed by atoms with van der Waals surface area (Å²) in [5, 5.41) is 4.01. The van der Waals surface area contributed by atoms with Crippen LogP contribution in [0.2, 0.25) is 19.6 Å². The van der Waals surface area contributed by atoms with E-state index < -0.39 is 8.07 Å². The van der Waals surface area contributed by atoms with Crippen molar-refractivity contribution >= 4 is 35.2 Å². The summed E-state index contributed by atoms with van der Waals surface area (Å²) in [4.78, 5) is 4.78. The Morgan fingerprint density at radius 2 is 1.69 bits per heavy atom. The topological polar surface area (TPSA) is 26.0 Å². The van der Waals surface area contributed by atoms with E-state index in [4.69, 9.17) is 9.40 Å². The molecule has 2 aromatic carbocycles. The summed E-state index contributed by atoms with van der Waals surface area (Å²) in [6, 6.07) is 15.7. The monoisotopic (exact) mass is 443 g/mol. The molecule has 0 amide bonds. The van der Waals surface area contributed by atoms with Gasteiger partial charge in [-0.25, -0.2) is 0 Å². The van der Waals surface area contributed by atoms with Crippen LogP contribution < -0.4 is 5.19 Å². The smallest absolute Gasteiger partial charge is 0.144 e. The molecule has 0 spiro atoms. The largest absolute Gasteiger partial charge is 0.455 e. The Labute approximate surface area is 194 Å². The third-order valence-electron chi connectivity index (χ3n) is 6.90. The van der Waals surface area contributed by atoms with Crippen molar-refractivity contribution in [2.24, 2.45) is 5.92 Å². The molecule has 0 aliphatic rings. The Hall–Kier alpha value is -2.39. The van der Waals surface area contributed by atoms with Crippen LogP contribution in [-0.2, 0) is 6.42 Å². The van der Waals surface area contributed by atoms with Gasteiger partial charge in [-0.15, -0.1) is 0 Å². The molecule has 4 aromatic rings. The van der Waals surface area contributed by atoms with E-state index in [1.807, 2.05) is 6.20 Å². The van der Waals surface area contributed by atoms with E-state index in [1.54, 1.807) is 0 Å². The first-order valence-corrected chi connectivity index (χ1v) is 15.7. The van der Waals surface area contributed by atoms with Crippen LogP contribution in [0.3, 0.4) is 0 Å². The molecule has 4 rings (SSSR count). The Morgan fingerprint density at radius 3 is 2.34 bits per heavy atom. The average Bonchev–Trinajstić information content (AvgIpc) is 3.15. The van der Waals surface area contributed by atoms with Crippen molar-refractivity contribution in [3.8, 4) is 11.3 Å². The molecule has 0 fully saturated rings. The molecule has 0 aliphatic heterocycles. The van der Waals surface area contributed by atoms with Crippen LogP contribution in [0.5, 0.6) is 0 Å². The van der Waals surface area contributed by atoms with E-state index in [1.165, 1.54) is 39.9 Å². The highest BCUT2D eigenvalue weighted by Crippen LogP contribution is 2.37. The van der Waals surface area contributed by atoms with Gasteiger partial charge in [-0.05, 0) is 64.9 Å². The number of nitrogens with zero attached hydrogens (tertiary/aromatic N) is 1. The highest BCUT2D eigenvalue weighted by Gasteiger charge is 2.25. The Kier molecular flexibility index (Phi) is 6.31. The lowest BCUT2D eigenvalue weighted by Gasteiger charge is -2.19. The highest BCUT2D eigenvalue weighted by atomic mass is 28.3. The van der Waals surface area contributed by atoms with Gasteiger partial charge in [0.2, 0.25) is 0 Å². The van der Waals surface area contributed by atoms with Gasteiger partial charge in [-0.1, -0.05) is 72.3 Å². The fourth-order valence-corrected chi connectivity index (χ4v) is 6.32. The quantitative estimate of drug-likeness (QED) is 0.268. The number of fused-ring (bicyclic) bond motifs is 3. The van der Waals surface area contributed by atoms with E-state index in [9.17, 15) is 0 Å². The lowest BCUT2D eigenvalue weighted by Crippen LogP contribution is -2.37. The van der Waals surface area contributed by atoms with Gasteiger partial charge in [-0.2, -0.15) is 0 Å². The van der Waals surface area contributed by atoms with Gasteiger partial charge in [-0.3, -0.25) is 4.98 Å². The Balaban J connectivity index is 1.95. The number of pyridine rings is 1. The van der Waals surface area contributed by atoms with Crippen molar-refractivity contribution in [1.29, 1.82) is 0 Å². The maximum Gasteiger partial charge on any atom is 0.144 e. The van der Waals surface area contributed by atoms with Crippen LogP contribution in [0, 0.1) is 5.92 Å². The van der Waals surface area contributed by atoms with Gasteiger partial charge in [0.25, 0.3) is 0 Å². The number of benzene rings is 2. The summed E-state index contributed by atoms with van der Waals surface area (Å²) >= 11 is 0. The molecule has 0 radical (unpaired) electrons. The number of hydrogen-bond donors (Lipinski definition) is 0. The molecule has 32 heavy (non-hydrogen) atoms. The van der Waals surface area contributed by atoms with Crippen LogP contribution in [0.15, 0.2) is 53.1 Å². The average molecular weight is 444 g/mol. The molecule has 2 heterocycles. The maximum atomic E-state index is 6.55. The molecule has 0 saturated carbocycles. The number of aromatic nitrogens is 1. The zero-order valence-corrected chi connectivity index (χ0v) is 21.8. The van der Waals surface area contributed by atoms with Gasteiger partial charge in [0.05, 0.1) is 13.8 Å². The first kappa shape index (κ1) is 22.8. The minimum absolute atomic E-state index is 0.492. The lowest BCUT2D eigenvalue weighted by molar-refractivity contribution is 0.490. The lowest BCUT2D eigenvalue weighted by atomic mass is 9.94. The molecule has 0 aliphatic carbocycles. The van der Waals surface area contributed by atoms with Crippen LogP contribution in [0.1, 0.15) is 57.6 Å². The summed E-state index contributed by atoms with van der Waals surface area (Å²) < 4.78 is 6.55. The normalized spacial score (nSPS) is 12.5. The Morgan fingerprint density at radius 1 is 0.938 bits per heavy atom. The molecular formula is C29H37NOSi. The van der Waals surface area contributed by atoms with E-state index >= 15 is 0 Å². The van der Waals surface area contributed by atoms with Crippen molar-refractivity contribution < 1.29 is 4.42 Å². The van der Waals surface area contributed by atoms with Crippen LogP contribution in [0.4, 0.5) is 0 Å². The predicted octanol–water partition coefficient (Wildman–Crippen LogP) is 8.30. The molecule has 0 N–H and O–H groups in total. The van der Waals surface area contributed by atoms with Crippen LogP contribution in [-0.4, -0.2) is 13.1 Å². The standard InChI is InChI=1S/C29H37NOSi/c1-8-20(9-2)16-21-14-15-30-25(17-21)23-11-13-27(32(5,6)7)28-24-18-22(19(3)4)10-12-26(24)31-29(23)28/h10-15,17-20H,8-9,16H2,1-7H3. The van der Waals surface area contributed by atoms with Crippen molar-refractivity contribution in [3.63, 3.8) is 0 Å². The van der Waals surface area contributed by atoms with Crippen molar-refractivity contribution in [2.45, 2.75) is 72.5 Å². The molecule has 2 aromatic heterocycles. The van der Waals surface area contributed by atoms with E-state index in [0.29, 0.717) is 5.92 Å². The molecule has 0 unspecified atom stereocenters. The van der Waals surface area contributed by atoms with Crippen molar-refractivity contribution in [3.05, 3.63) is 59.8 Å². The van der Waals surface area contributed by atoms with E-state index in [2.05, 4.69) is 89.8 Å². The summed E-state index contributed by atoms with van der Waals surface area (Å²) in [5.41, 5.74) is 6.82. The van der Waals surface area contributed by atoms with Gasteiger partial charge < -0.3 is 4.42 Å². The van der Waals surface area contributed by atoms with Crippen molar-refractivity contribution in [2.75, 3.05) is 0 Å². The summed E-state index contributed by atoms with van der Waals surface area (Å²) in [7, 11) is -1.57. The molecule has 168 valence electrons.